The van der Waals surface area contributed by atoms with E-state index in [-0.39, 0.29) is 0 Å². The second-order valence-electron chi connectivity index (χ2n) is 3.94. The molecular weight excluding hydrogens is 192 g/mol. The first-order valence-corrected chi connectivity index (χ1v) is 5.10. The zero-order valence-corrected chi connectivity index (χ0v) is 9.23. The minimum absolute atomic E-state index is 0.391. The Kier molecular flexibility index (Phi) is 2.24. The molecule has 0 heterocycles. The summed E-state index contributed by atoms with van der Waals surface area (Å²) >= 11 is 5.95. The molecule has 1 heteroatoms. The standard InChI is InChI=1S/C13H13Cl/c1-8(2)13-9(3)6-10-7-11(14)4-5-12(10)13/h4-7,13H,1H2,2-3H3. The Bertz CT molecular complexity index is 427. The molecule has 0 spiro atoms. The van der Waals surface area contributed by atoms with Crippen LogP contribution in [0.2, 0.25) is 5.02 Å². The van der Waals surface area contributed by atoms with Crippen molar-refractivity contribution in [1.29, 1.82) is 0 Å². The van der Waals surface area contributed by atoms with Crippen molar-refractivity contribution in [2.45, 2.75) is 19.8 Å². The van der Waals surface area contributed by atoms with E-state index in [4.69, 9.17) is 11.6 Å². The molecule has 72 valence electrons. The summed E-state index contributed by atoms with van der Waals surface area (Å²) < 4.78 is 0. The van der Waals surface area contributed by atoms with Crippen molar-refractivity contribution in [3.8, 4) is 0 Å². The van der Waals surface area contributed by atoms with E-state index in [1.807, 2.05) is 12.1 Å². The third-order valence-corrected chi connectivity index (χ3v) is 2.93. The molecule has 14 heavy (non-hydrogen) atoms. The molecule has 0 amide bonds. The van der Waals surface area contributed by atoms with Gasteiger partial charge in [-0.3, -0.25) is 0 Å². The van der Waals surface area contributed by atoms with Crippen LogP contribution in [-0.2, 0) is 0 Å². The highest BCUT2D eigenvalue weighted by Crippen LogP contribution is 2.40. The maximum absolute atomic E-state index is 5.95. The monoisotopic (exact) mass is 204 g/mol. The van der Waals surface area contributed by atoms with Crippen molar-refractivity contribution in [1.82, 2.24) is 0 Å². The Hall–Kier alpha value is -1.01. The van der Waals surface area contributed by atoms with Crippen LogP contribution < -0.4 is 0 Å². The topological polar surface area (TPSA) is 0 Å². The Morgan fingerprint density at radius 2 is 2.14 bits per heavy atom. The van der Waals surface area contributed by atoms with Crippen LogP contribution in [0.3, 0.4) is 0 Å². The van der Waals surface area contributed by atoms with Gasteiger partial charge in [-0.25, -0.2) is 0 Å². The highest BCUT2D eigenvalue weighted by Gasteiger charge is 2.22. The molecular formula is C13H13Cl. The van der Waals surface area contributed by atoms with Crippen LogP contribution in [0.15, 0.2) is 35.9 Å². The third kappa shape index (κ3) is 1.40. The van der Waals surface area contributed by atoms with Crippen LogP contribution >= 0.6 is 11.6 Å². The Balaban J connectivity index is 2.55. The summed E-state index contributed by atoms with van der Waals surface area (Å²) in [5.41, 5.74) is 5.12. The van der Waals surface area contributed by atoms with Crippen LogP contribution in [0.1, 0.15) is 30.9 Å². The first kappa shape index (κ1) is 9.54. The van der Waals surface area contributed by atoms with Crippen LogP contribution in [0, 0.1) is 0 Å². The predicted octanol–water partition coefficient (Wildman–Crippen LogP) is 4.42. The summed E-state index contributed by atoms with van der Waals surface area (Å²) in [6.07, 6.45) is 2.19. The number of fused-ring (bicyclic) bond motifs is 1. The fourth-order valence-corrected chi connectivity index (χ4v) is 2.34. The first-order chi connectivity index (χ1) is 6.59. The maximum atomic E-state index is 5.95. The fourth-order valence-electron chi connectivity index (χ4n) is 2.16. The van der Waals surface area contributed by atoms with E-state index in [2.05, 4.69) is 32.6 Å². The zero-order chi connectivity index (χ0) is 10.3. The molecule has 1 unspecified atom stereocenters. The van der Waals surface area contributed by atoms with E-state index in [0.717, 1.165) is 5.02 Å². The van der Waals surface area contributed by atoms with Crippen molar-refractivity contribution in [3.63, 3.8) is 0 Å². The molecule has 0 aromatic heterocycles. The van der Waals surface area contributed by atoms with Gasteiger partial charge in [0.2, 0.25) is 0 Å². The number of allylic oxidation sites excluding steroid dienone is 2. The highest BCUT2D eigenvalue weighted by atomic mass is 35.5. The smallest absolute Gasteiger partial charge is 0.0412 e. The van der Waals surface area contributed by atoms with Gasteiger partial charge in [0.25, 0.3) is 0 Å². The Morgan fingerprint density at radius 1 is 1.43 bits per heavy atom. The minimum Gasteiger partial charge on any atom is -0.0992 e. The van der Waals surface area contributed by atoms with Gasteiger partial charge < -0.3 is 0 Å². The molecule has 0 saturated heterocycles. The molecule has 1 aliphatic rings. The molecule has 0 bridgehead atoms. The van der Waals surface area contributed by atoms with Crippen LogP contribution in [-0.4, -0.2) is 0 Å². The summed E-state index contributed by atoms with van der Waals surface area (Å²) in [5.74, 6) is 0.391. The normalized spacial score (nSPS) is 19.1. The molecule has 1 atom stereocenters. The van der Waals surface area contributed by atoms with E-state index >= 15 is 0 Å². The molecule has 0 saturated carbocycles. The number of rotatable bonds is 1. The van der Waals surface area contributed by atoms with Gasteiger partial charge in [0.15, 0.2) is 0 Å². The van der Waals surface area contributed by atoms with Gasteiger partial charge in [-0.1, -0.05) is 41.5 Å². The lowest BCUT2D eigenvalue weighted by atomic mass is 9.91. The lowest BCUT2D eigenvalue weighted by Crippen LogP contribution is -1.97. The number of hydrogen-bond donors (Lipinski definition) is 0. The van der Waals surface area contributed by atoms with E-state index in [9.17, 15) is 0 Å². The number of halogens is 1. The molecule has 1 aliphatic carbocycles. The van der Waals surface area contributed by atoms with Gasteiger partial charge in [0.1, 0.15) is 0 Å². The van der Waals surface area contributed by atoms with Gasteiger partial charge >= 0.3 is 0 Å². The molecule has 0 radical (unpaired) electrons. The maximum Gasteiger partial charge on any atom is 0.0412 e. The zero-order valence-electron chi connectivity index (χ0n) is 8.47. The van der Waals surface area contributed by atoms with Crippen molar-refractivity contribution in [2.24, 2.45) is 0 Å². The quantitative estimate of drug-likeness (QED) is 0.595. The largest absolute Gasteiger partial charge is 0.0992 e. The molecule has 0 fully saturated rings. The summed E-state index contributed by atoms with van der Waals surface area (Å²) in [6.45, 7) is 8.26. The average Bonchev–Trinajstić information content (AvgIpc) is 2.39. The third-order valence-electron chi connectivity index (χ3n) is 2.69. The minimum atomic E-state index is 0.391. The average molecular weight is 205 g/mol. The second-order valence-corrected chi connectivity index (χ2v) is 4.38. The van der Waals surface area contributed by atoms with Crippen molar-refractivity contribution < 1.29 is 0 Å². The van der Waals surface area contributed by atoms with E-state index in [0.29, 0.717) is 5.92 Å². The summed E-state index contributed by atoms with van der Waals surface area (Å²) in [4.78, 5) is 0. The summed E-state index contributed by atoms with van der Waals surface area (Å²) in [5, 5.41) is 0.801. The van der Waals surface area contributed by atoms with Crippen molar-refractivity contribution in [3.05, 3.63) is 52.1 Å². The number of benzene rings is 1. The molecule has 2 rings (SSSR count). The molecule has 1 aromatic rings. The molecule has 0 aliphatic heterocycles. The highest BCUT2D eigenvalue weighted by molar-refractivity contribution is 6.30. The van der Waals surface area contributed by atoms with Crippen LogP contribution in [0.5, 0.6) is 0 Å². The molecule has 0 nitrogen and oxygen atoms in total. The first-order valence-electron chi connectivity index (χ1n) is 4.72. The van der Waals surface area contributed by atoms with Crippen LogP contribution in [0.25, 0.3) is 6.08 Å². The van der Waals surface area contributed by atoms with Gasteiger partial charge in [-0.2, -0.15) is 0 Å². The van der Waals surface area contributed by atoms with E-state index in [1.165, 1.54) is 22.3 Å². The lowest BCUT2D eigenvalue weighted by molar-refractivity contribution is 0.951. The van der Waals surface area contributed by atoms with Gasteiger partial charge in [0.05, 0.1) is 0 Å². The molecule has 1 aromatic carbocycles. The van der Waals surface area contributed by atoms with Crippen molar-refractivity contribution in [2.75, 3.05) is 0 Å². The summed E-state index contributed by atoms with van der Waals surface area (Å²) in [7, 11) is 0. The molecule has 0 N–H and O–H groups in total. The predicted molar refractivity (Wildman–Crippen MR) is 62.7 cm³/mol. The fraction of sp³-hybridized carbons (Fsp3) is 0.231. The Labute approximate surface area is 89.9 Å². The van der Waals surface area contributed by atoms with E-state index in [1.54, 1.807) is 0 Å². The van der Waals surface area contributed by atoms with Crippen LogP contribution in [0.4, 0.5) is 0 Å². The summed E-state index contributed by atoms with van der Waals surface area (Å²) in [6, 6.07) is 6.07. The SMILES string of the molecule is C=C(C)C1C(C)=Cc2cc(Cl)ccc21. The lowest BCUT2D eigenvalue weighted by Gasteiger charge is -2.13. The number of hydrogen-bond acceptors (Lipinski definition) is 0. The van der Waals surface area contributed by atoms with Crippen molar-refractivity contribution >= 4 is 17.7 Å². The van der Waals surface area contributed by atoms with E-state index < -0.39 is 0 Å². The second kappa shape index (κ2) is 3.29. The van der Waals surface area contributed by atoms with Gasteiger partial charge in [-0.05, 0) is 37.1 Å². The van der Waals surface area contributed by atoms with Gasteiger partial charge in [-0.15, -0.1) is 0 Å². The Morgan fingerprint density at radius 3 is 2.79 bits per heavy atom. The van der Waals surface area contributed by atoms with Gasteiger partial charge in [0, 0.05) is 10.9 Å².